The van der Waals surface area contributed by atoms with Gasteiger partial charge >= 0.3 is 6.18 Å². The molecule has 1 saturated heterocycles. The predicted octanol–water partition coefficient (Wildman–Crippen LogP) is 3.88. The minimum atomic E-state index is -4.60. The van der Waals surface area contributed by atoms with Crippen molar-refractivity contribution in [2.75, 3.05) is 24.4 Å². The Morgan fingerprint density at radius 2 is 1.82 bits per heavy atom. The van der Waals surface area contributed by atoms with E-state index in [1.807, 2.05) is 6.92 Å². The molecule has 0 bridgehead atoms. The van der Waals surface area contributed by atoms with Gasteiger partial charge < -0.3 is 10.2 Å². The normalized spacial score (nSPS) is 16.7. The fourth-order valence-electron chi connectivity index (χ4n) is 3.70. The summed E-state index contributed by atoms with van der Waals surface area (Å²) in [6.45, 7) is 3.31. The lowest BCUT2D eigenvalue weighted by Crippen LogP contribution is -2.45. The summed E-state index contributed by atoms with van der Waals surface area (Å²) in [5.41, 5.74) is -0.944. The quantitative estimate of drug-likeness (QED) is 0.607. The Bertz CT molecular complexity index is 1130. The molecule has 2 aromatic carbocycles. The van der Waals surface area contributed by atoms with Crippen molar-refractivity contribution in [1.82, 2.24) is 10.2 Å². The maximum atomic E-state index is 12.9. The van der Waals surface area contributed by atoms with E-state index in [-0.39, 0.29) is 40.4 Å². The average Bonchev–Trinajstić information content (AvgIpc) is 2.81. The maximum Gasteiger partial charge on any atom is 0.416 e. The lowest BCUT2D eigenvalue weighted by atomic mass is 9.96. The fraction of sp³-hybridized carbons (Fsp3) is 0.391. The number of nitrogens with zero attached hydrogens (tertiary/aromatic N) is 1. The van der Waals surface area contributed by atoms with E-state index >= 15 is 0 Å². The van der Waals surface area contributed by atoms with Gasteiger partial charge in [-0.15, -0.1) is 0 Å². The molecule has 0 spiro atoms. The molecule has 3 rings (SSSR count). The summed E-state index contributed by atoms with van der Waals surface area (Å²) in [4.78, 5) is 26.5. The molecule has 2 N–H and O–H groups in total. The monoisotopic (exact) mass is 497 g/mol. The van der Waals surface area contributed by atoms with Gasteiger partial charge in [0.15, 0.2) is 0 Å². The number of carbonyl (C=O) groups excluding carboxylic acids is 2. The topological polar surface area (TPSA) is 95.6 Å². The van der Waals surface area contributed by atoms with E-state index < -0.39 is 21.8 Å². The number of likely N-dealkylation sites (tertiary alicyclic amines) is 1. The molecule has 0 aliphatic carbocycles. The lowest BCUT2D eigenvalue weighted by Gasteiger charge is -2.32. The Morgan fingerprint density at radius 1 is 1.12 bits per heavy atom. The second kappa shape index (κ2) is 10.5. The first-order valence-corrected chi connectivity index (χ1v) is 12.4. The molecule has 1 fully saturated rings. The highest BCUT2D eigenvalue weighted by Gasteiger charge is 2.31. The number of nitrogens with one attached hydrogen (secondary N) is 2. The van der Waals surface area contributed by atoms with Gasteiger partial charge in [0.25, 0.3) is 15.9 Å². The number of amides is 2. The molecule has 0 aromatic heterocycles. The molecule has 1 heterocycles. The van der Waals surface area contributed by atoms with Gasteiger partial charge in [0.1, 0.15) is 0 Å². The Labute approximate surface area is 196 Å². The number of rotatable bonds is 7. The summed E-state index contributed by atoms with van der Waals surface area (Å²) in [6.07, 6.45) is -2.41. The average molecular weight is 498 g/mol. The van der Waals surface area contributed by atoms with Crippen molar-refractivity contribution in [1.29, 1.82) is 0 Å². The highest BCUT2D eigenvalue weighted by Crippen LogP contribution is 2.31. The number of hydrogen-bond acceptors (Lipinski definition) is 4. The van der Waals surface area contributed by atoms with Crippen molar-refractivity contribution in [3.8, 4) is 0 Å². The van der Waals surface area contributed by atoms with Crippen molar-refractivity contribution < 1.29 is 31.2 Å². The lowest BCUT2D eigenvalue weighted by molar-refractivity contribution is -0.137. The van der Waals surface area contributed by atoms with Gasteiger partial charge in [0, 0.05) is 30.9 Å². The van der Waals surface area contributed by atoms with Crippen molar-refractivity contribution in [2.45, 2.75) is 37.3 Å². The van der Waals surface area contributed by atoms with E-state index in [0.717, 1.165) is 18.6 Å². The molecular formula is C23H26F3N3O4S. The summed E-state index contributed by atoms with van der Waals surface area (Å²) in [6, 6.07) is 9.02. The van der Waals surface area contributed by atoms with Crippen LogP contribution in [-0.4, -0.2) is 44.8 Å². The third-order valence-electron chi connectivity index (χ3n) is 5.48. The van der Waals surface area contributed by atoms with Crippen LogP contribution in [0.15, 0.2) is 53.4 Å². The highest BCUT2D eigenvalue weighted by atomic mass is 32.2. The SMILES string of the molecule is CCCNC(=O)C1CCCN(C(=O)c2ccc(S(=O)(=O)Nc3cccc(C(F)(F)F)c3)cc2)C1. The number of hydrogen-bond donors (Lipinski definition) is 2. The summed E-state index contributed by atoms with van der Waals surface area (Å²) in [5.74, 6) is -0.690. The third kappa shape index (κ3) is 6.28. The Kier molecular flexibility index (Phi) is 7.86. The second-order valence-corrected chi connectivity index (χ2v) is 9.77. The molecule has 0 saturated carbocycles. The van der Waals surface area contributed by atoms with Crippen LogP contribution in [0.25, 0.3) is 0 Å². The Hall–Kier alpha value is -3.08. The van der Waals surface area contributed by atoms with Crippen molar-refractivity contribution in [2.24, 2.45) is 5.92 Å². The minimum absolute atomic E-state index is 0.0820. The molecule has 34 heavy (non-hydrogen) atoms. The summed E-state index contributed by atoms with van der Waals surface area (Å²) >= 11 is 0. The number of anilines is 1. The number of alkyl halides is 3. The molecule has 2 amide bonds. The van der Waals surface area contributed by atoms with Crippen LogP contribution in [0.4, 0.5) is 18.9 Å². The number of piperidine rings is 1. The van der Waals surface area contributed by atoms with Crippen LogP contribution in [0.3, 0.4) is 0 Å². The summed E-state index contributed by atoms with van der Waals surface area (Å²) in [7, 11) is -4.17. The van der Waals surface area contributed by atoms with Gasteiger partial charge in [-0.1, -0.05) is 13.0 Å². The standard InChI is InChI=1S/C23H26F3N3O4S/c1-2-12-27-21(30)17-5-4-13-29(15-17)22(31)16-8-10-20(11-9-16)34(32,33)28-19-7-3-6-18(14-19)23(24,25)26/h3,6-11,14,17,28H,2,4-5,12-13,15H2,1H3,(H,27,30). The van der Waals surface area contributed by atoms with Gasteiger partial charge in [0.2, 0.25) is 5.91 Å². The molecule has 1 aliphatic rings. The first kappa shape index (κ1) is 25.5. The molecule has 11 heteroatoms. The predicted molar refractivity (Wildman–Crippen MR) is 121 cm³/mol. The number of halogens is 3. The largest absolute Gasteiger partial charge is 0.416 e. The molecular weight excluding hydrogens is 471 g/mol. The molecule has 1 aliphatic heterocycles. The van der Waals surface area contributed by atoms with E-state index in [1.165, 1.54) is 30.3 Å². The van der Waals surface area contributed by atoms with Crippen LogP contribution in [-0.2, 0) is 21.0 Å². The van der Waals surface area contributed by atoms with Crippen molar-refractivity contribution in [3.63, 3.8) is 0 Å². The smallest absolute Gasteiger partial charge is 0.356 e. The molecule has 1 atom stereocenters. The van der Waals surface area contributed by atoms with Crippen LogP contribution >= 0.6 is 0 Å². The van der Waals surface area contributed by atoms with E-state index in [9.17, 15) is 31.2 Å². The van der Waals surface area contributed by atoms with Gasteiger partial charge in [0.05, 0.1) is 16.4 Å². The zero-order valence-electron chi connectivity index (χ0n) is 18.6. The first-order chi connectivity index (χ1) is 16.0. The Morgan fingerprint density at radius 3 is 2.47 bits per heavy atom. The molecule has 184 valence electrons. The number of carbonyl (C=O) groups is 2. The third-order valence-corrected chi connectivity index (χ3v) is 6.88. The first-order valence-electron chi connectivity index (χ1n) is 10.9. The van der Waals surface area contributed by atoms with Crippen LogP contribution in [0, 0.1) is 5.92 Å². The van der Waals surface area contributed by atoms with Crippen LogP contribution in [0.1, 0.15) is 42.1 Å². The summed E-state index contributed by atoms with van der Waals surface area (Å²) in [5, 5.41) is 2.84. The molecule has 7 nitrogen and oxygen atoms in total. The highest BCUT2D eigenvalue weighted by molar-refractivity contribution is 7.92. The van der Waals surface area contributed by atoms with Crippen LogP contribution < -0.4 is 10.0 Å². The van der Waals surface area contributed by atoms with Gasteiger partial charge in [-0.25, -0.2) is 8.42 Å². The van der Waals surface area contributed by atoms with Gasteiger partial charge in [-0.05, 0) is 61.7 Å². The van der Waals surface area contributed by atoms with E-state index in [2.05, 4.69) is 10.0 Å². The zero-order valence-corrected chi connectivity index (χ0v) is 19.4. The fourth-order valence-corrected chi connectivity index (χ4v) is 4.75. The molecule has 2 aromatic rings. The van der Waals surface area contributed by atoms with Gasteiger partial charge in [-0.2, -0.15) is 13.2 Å². The second-order valence-electron chi connectivity index (χ2n) is 8.09. The van der Waals surface area contributed by atoms with E-state index in [0.29, 0.717) is 32.0 Å². The Balaban J connectivity index is 1.69. The van der Waals surface area contributed by atoms with E-state index in [4.69, 9.17) is 0 Å². The van der Waals surface area contributed by atoms with Gasteiger partial charge in [-0.3, -0.25) is 14.3 Å². The van der Waals surface area contributed by atoms with Crippen molar-refractivity contribution in [3.05, 3.63) is 59.7 Å². The van der Waals surface area contributed by atoms with Crippen LogP contribution in [0.2, 0.25) is 0 Å². The maximum absolute atomic E-state index is 12.9. The molecule has 0 radical (unpaired) electrons. The van der Waals surface area contributed by atoms with Crippen LogP contribution in [0.5, 0.6) is 0 Å². The van der Waals surface area contributed by atoms with Crippen molar-refractivity contribution >= 4 is 27.5 Å². The zero-order chi connectivity index (χ0) is 24.9. The molecule has 1 unspecified atom stereocenters. The number of benzene rings is 2. The van der Waals surface area contributed by atoms with E-state index in [1.54, 1.807) is 4.90 Å². The summed E-state index contributed by atoms with van der Waals surface area (Å²) < 4.78 is 66.0. The number of sulfonamides is 1. The minimum Gasteiger partial charge on any atom is -0.356 e.